The average molecular weight is 459 g/mol. The van der Waals surface area contributed by atoms with Crippen molar-refractivity contribution in [1.82, 2.24) is 9.55 Å². The van der Waals surface area contributed by atoms with Crippen LogP contribution in [0.4, 0.5) is 0 Å². The summed E-state index contributed by atoms with van der Waals surface area (Å²) in [6.07, 6.45) is 3.65. The summed E-state index contributed by atoms with van der Waals surface area (Å²) < 4.78 is 2.15. The Morgan fingerprint density at radius 2 is 1.14 bits per heavy atom. The molecule has 0 aliphatic rings. The molecule has 5 aromatic rings. The maximum atomic E-state index is 12.2. The summed E-state index contributed by atoms with van der Waals surface area (Å²) >= 11 is 0. The van der Waals surface area contributed by atoms with Crippen LogP contribution in [0.15, 0.2) is 122 Å². The number of benzene rings is 4. The van der Waals surface area contributed by atoms with Gasteiger partial charge in [0.25, 0.3) is 0 Å². The zero-order valence-electron chi connectivity index (χ0n) is 20.4. The van der Waals surface area contributed by atoms with Crippen LogP contribution in [-0.4, -0.2) is 14.7 Å². The van der Waals surface area contributed by atoms with Gasteiger partial charge in [-0.1, -0.05) is 109 Å². The van der Waals surface area contributed by atoms with Gasteiger partial charge in [0.1, 0.15) is 11.1 Å². The summed E-state index contributed by atoms with van der Waals surface area (Å²) in [6, 6.07) is 37.5. The lowest BCUT2D eigenvalue weighted by Gasteiger charge is -2.41. The van der Waals surface area contributed by atoms with Gasteiger partial charge in [-0.2, -0.15) is 0 Å². The topological polar surface area (TPSA) is 38.1 Å². The van der Waals surface area contributed by atoms with Crippen molar-refractivity contribution in [3.8, 4) is 0 Å². The Bertz CT molecular complexity index is 1320. The minimum atomic E-state index is -1.27. The Hall–Kier alpha value is -3.95. The molecule has 0 bridgehead atoms. The zero-order chi connectivity index (χ0) is 24.5. The van der Waals surface area contributed by atoms with Gasteiger partial charge in [0.15, 0.2) is 0 Å². The molecule has 174 valence electrons. The first-order chi connectivity index (χ1) is 17.0. The van der Waals surface area contributed by atoms with E-state index in [9.17, 15) is 5.11 Å². The number of imidazole rings is 1. The monoisotopic (exact) mass is 458 g/mol. The van der Waals surface area contributed by atoms with Crippen LogP contribution in [0, 0.1) is 13.8 Å². The van der Waals surface area contributed by atoms with Crippen LogP contribution in [0.5, 0.6) is 0 Å². The third-order valence-corrected chi connectivity index (χ3v) is 7.20. The normalized spacial score (nSPS) is 13.4. The summed E-state index contributed by atoms with van der Waals surface area (Å²) in [5.74, 6) is 0. The SMILES string of the molecule is Cc1cccc([C@@](C)(O)c2cncn2C(c2ccccc2)(c2ccccc2)c2ccccc2)c1C. The van der Waals surface area contributed by atoms with E-state index in [2.05, 4.69) is 102 Å². The Kier molecular flexibility index (Phi) is 5.88. The molecule has 5 rings (SSSR count). The molecule has 0 unspecified atom stereocenters. The van der Waals surface area contributed by atoms with E-state index >= 15 is 0 Å². The van der Waals surface area contributed by atoms with E-state index < -0.39 is 11.1 Å². The highest BCUT2D eigenvalue weighted by Crippen LogP contribution is 2.44. The van der Waals surface area contributed by atoms with Crippen LogP contribution in [0.1, 0.15) is 46.0 Å². The Balaban J connectivity index is 1.88. The van der Waals surface area contributed by atoms with Gasteiger partial charge >= 0.3 is 0 Å². The fourth-order valence-corrected chi connectivity index (χ4v) is 5.29. The van der Waals surface area contributed by atoms with Crippen LogP contribution in [0.3, 0.4) is 0 Å². The molecule has 1 atom stereocenters. The van der Waals surface area contributed by atoms with E-state index in [1.807, 2.05) is 43.6 Å². The van der Waals surface area contributed by atoms with Crippen molar-refractivity contribution in [3.63, 3.8) is 0 Å². The van der Waals surface area contributed by atoms with E-state index in [1.165, 1.54) is 0 Å². The standard InChI is InChI=1S/C32H30N2O/c1-24-14-13-21-29(25(24)2)31(3,35)30-22-33-23-34(30)32(26-15-7-4-8-16-26,27-17-9-5-10-18-27)28-19-11-6-12-20-28/h4-23,35H,1-3H3/t31-/m1/s1. The van der Waals surface area contributed by atoms with Gasteiger partial charge in [0, 0.05) is 0 Å². The second-order valence-electron chi connectivity index (χ2n) is 9.28. The third-order valence-electron chi connectivity index (χ3n) is 7.20. The highest BCUT2D eigenvalue weighted by atomic mass is 16.3. The lowest BCUT2D eigenvalue weighted by molar-refractivity contribution is 0.0898. The first-order valence-corrected chi connectivity index (χ1v) is 12.0. The maximum Gasteiger partial charge on any atom is 0.129 e. The Morgan fingerprint density at radius 3 is 1.63 bits per heavy atom. The van der Waals surface area contributed by atoms with Crippen molar-refractivity contribution < 1.29 is 5.11 Å². The first-order valence-electron chi connectivity index (χ1n) is 12.0. The average Bonchev–Trinajstić information content (AvgIpc) is 3.39. The summed E-state index contributed by atoms with van der Waals surface area (Å²) in [5.41, 5.74) is 5.10. The number of nitrogens with zero attached hydrogens (tertiary/aromatic N) is 2. The Labute approximate surface area is 207 Å². The number of hydrogen-bond acceptors (Lipinski definition) is 2. The molecule has 0 amide bonds. The van der Waals surface area contributed by atoms with Gasteiger partial charge in [-0.25, -0.2) is 4.98 Å². The van der Waals surface area contributed by atoms with E-state index in [-0.39, 0.29) is 0 Å². The zero-order valence-corrected chi connectivity index (χ0v) is 20.4. The van der Waals surface area contributed by atoms with Gasteiger partial charge < -0.3 is 9.67 Å². The highest BCUT2D eigenvalue weighted by molar-refractivity contribution is 5.52. The van der Waals surface area contributed by atoms with Crippen LogP contribution >= 0.6 is 0 Å². The van der Waals surface area contributed by atoms with E-state index in [0.717, 1.165) is 39.1 Å². The highest BCUT2D eigenvalue weighted by Gasteiger charge is 2.43. The number of aliphatic hydroxyl groups is 1. The second-order valence-corrected chi connectivity index (χ2v) is 9.28. The minimum Gasteiger partial charge on any atom is -0.379 e. The molecule has 3 nitrogen and oxygen atoms in total. The molecule has 0 aliphatic heterocycles. The fourth-order valence-electron chi connectivity index (χ4n) is 5.29. The van der Waals surface area contributed by atoms with Crippen molar-refractivity contribution in [2.24, 2.45) is 0 Å². The third kappa shape index (κ3) is 3.69. The van der Waals surface area contributed by atoms with Gasteiger partial charge in [0.05, 0.1) is 18.2 Å². The summed E-state index contributed by atoms with van der Waals surface area (Å²) in [6.45, 7) is 6.02. The number of aromatic nitrogens is 2. The minimum absolute atomic E-state index is 0.725. The van der Waals surface area contributed by atoms with E-state index in [1.54, 1.807) is 6.20 Å². The van der Waals surface area contributed by atoms with Crippen molar-refractivity contribution >= 4 is 0 Å². The molecular formula is C32H30N2O. The molecule has 0 aliphatic carbocycles. The van der Waals surface area contributed by atoms with Gasteiger partial charge in [-0.3, -0.25) is 0 Å². The molecule has 4 aromatic carbocycles. The second kappa shape index (κ2) is 9.01. The summed E-state index contributed by atoms with van der Waals surface area (Å²) in [7, 11) is 0. The lowest BCUT2D eigenvalue weighted by atomic mass is 9.75. The van der Waals surface area contributed by atoms with Crippen LogP contribution in [0.25, 0.3) is 0 Å². The fraction of sp³-hybridized carbons (Fsp3) is 0.156. The molecule has 3 heteroatoms. The molecular weight excluding hydrogens is 428 g/mol. The lowest BCUT2D eigenvalue weighted by Crippen LogP contribution is -2.41. The quantitative estimate of drug-likeness (QED) is 0.291. The number of rotatable bonds is 6. The largest absolute Gasteiger partial charge is 0.379 e. The van der Waals surface area contributed by atoms with Crippen LogP contribution in [0.2, 0.25) is 0 Å². The van der Waals surface area contributed by atoms with Crippen molar-refractivity contribution in [1.29, 1.82) is 0 Å². The predicted molar refractivity (Wildman–Crippen MR) is 141 cm³/mol. The molecule has 35 heavy (non-hydrogen) atoms. The molecule has 1 N–H and O–H groups in total. The van der Waals surface area contributed by atoms with Crippen molar-refractivity contribution in [3.05, 3.63) is 161 Å². The molecule has 0 saturated carbocycles. The van der Waals surface area contributed by atoms with Gasteiger partial charge in [0.2, 0.25) is 0 Å². The molecule has 0 radical (unpaired) electrons. The molecule has 0 saturated heterocycles. The van der Waals surface area contributed by atoms with Crippen LogP contribution in [-0.2, 0) is 11.1 Å². The number of aryl methyl sites for hydroxylation is 1. The number of hydrogen-bond donors (Lipinski definition) is 1. The maximum absolute atomic E-state index is 12.2. The smallest absolute Gasteiger partial charge is 0.129 e. The van der Waals surface area contributed by atoms with Crippen molar-refractivity contribution in [2.45, 2.75) is 31.9 Å². The Morgan fingerprint density at radius 1 is 0.657 bits per heavy atom. The van der Waals surface area contributed by atoms with E-state index in [4.69, 9.17) is 0 Å². The molecule has 1 aromatic heterocycles. The van der Waals surface area contributed by atoms with Crippen molar-refractivity contribution in [2.75, 3.05) is 0 Å². The molecule has 0 fully saturated rings. The predicted octanol–water partition coefficient (Wildman–Crippen LogP) is 6.60. The molecule has 0 spiro atoms. The van der Waals surface area contributed by atoms with E-state index in [0.29, 0.717) is 0 Å². The summed E-state index contributed by atoms with van der Waals surface area (Å²) in [5, 5.41) is 12.2. The summed E-state index contributed by atoms with van der Waals surface area (Å²) in [4.78, 5) is 4.61. The van der Waals surface area contributed by atoms with Gasteiger partial charge in [-0.15, -0.1) is 0 Å². The first kappa shape index (κ1) is 22.8. The van der Waals surface area contributed by atoms with Crippen LogP contribution < -0.4 is 0 Å². The van der Waals surface area contributed by atoms with Gasteiger partial charge in [-0.05, 0) is 54.2 Å². The molecule has 1 heterocycles.